The van der Waals surface area contributed by atoms with Crippen LogP contribution in [0.15, 0.2) is 24.3 Å². The number of nitrogens with one attached hydrogen (secondary N) is 1. The predicted octanol–water partition coefficient (Wildman–Crippen LogP) is 2.21. The van der Waals surface area contributed by atoms with Gasteiger partial charge >= 0.3 is 6.18 Å². The van der Waals surface area contributed by atoms with E-state index in [9.17, 15) is 18.0 Å². The Morgan fingerprint density at radius 1 is 1.25 bits per heavy atom. The fraction of sp³-hybridized carbons (Fsp3) is 0.588. The molecule has 0 radical (unpaired) electrons. The number of halogens is 3. The SMILES string of the molecule is CNCC(C)C(=O)N1CCN(Cc2cccc(C(F)(F)F)c2)CC1. The van der Waals surface area contributed by atoms with E-state index in [0.29, 0.717) is 44.8 Å². The van der Waals surface area contributed by atoms with Crippen molar-refractivity contribution in [3.63, 3.8) is 0 Å². The minimum absolute atomic E-state index is 0.0648. The first kappa shape index (κ1) is 18.7. The van der Waals surface area contributed by atoms with Crippen LogP contribution >= 0.6 is 0 Å². The molecule has 0 saturated carbocycles. The van der Waals surface area contributed by atoms with Gasteiger partial charge in [-0.3, -0.25) is 9.69 Å². The average Bonchev–Trinajstić information content (AvgIpc) is 2.54. The number of carbonyl (C=O) groups is 1. The second-order valence-electron chi connectivity index (χ2n) is 6.26. The number of amides is 1. The highest BCUT2D eigenvalue weighted by atomic mass is 19.4. The first-order valence-electron chi connectivity index (χ1n) is 8.13. The minimum atomic E-state index is -4.31. The van der Waals surface area contributed by atoms with Crippen LogP contribution in [0.5, 0.6) is 0 Å². The third-order valence-electron chi connectivity index (χ3n) is 4.28. The van der Waals surface area contributed by atoms with Gasteiger partial charge in [-0.05, 0) is 18.7 Å². The molecular weight excluding hydrogens is 319 g/mol. The zero-order chi connectivity index (χ0) is 17.7. The Bertz CT molecular complexity index is 554. The van der Waals surface area contributed by atoms with E-state index in [4.69, 9.17) is 0 Å². The second-order valence-corrected chi connectivity index (χ2v) is 6.26. The normalized spacial score (nSPS) is 17.8. The molecule has 1 fully saturated rings. The summed E-state index contributed by atoms with van der Waals surface area (Å²) in [6.45, 7) is 5.59. The second kappa shape index (κ2) is 7.98. The monoisotopic (exact) mass is 343 g/mol. The number of carbonyl (C=O) groups excluding carboxylic acids is 1. The van der Waals surface area contributed by atoms with E-state index in [-0.39, 0.29) is 11.8 Å². The molecule has 1 unspecified atom stereocenters. The summed E-state index contributed by atoms with van der Waals surface area (Å²) in [6.07, 6.45) is -4.31. The van der Waals surface area contributed by atoms with Gasteiger partial charge in [0.2, 0.25) is 5.91 Å². The van der Waals surface area contributed by atoms with Crippen LogP contribution in [0, 0.1) is 5.92 Å². The number of alkyl halides is 3. The molecule has 4 nitrogen and oxygen atoms in total. The molecule has 7 heteroatoms. The summed E-state index contributed by atoms with van der Waals surface area (Å²) >= 11 is 0. The van der Waals surface area contributed by atoms with Crippen LogP contribution < -0.4 is 5.32 Å². The molecule has 1 aliphatic heterocycles. The summed E-state index contributed by atoms with van der Waals surface area (Å²) in [5.41, 5.74) is 0.0304. The Morgan fingerprint density at radius 3 is 2.50 bits per heavy atom. The highest BCUT2D eigenvalue weighted by molar-refractivity contribution is 5.78. The Morgan fingerprint density at radius 2 is 1.92 bits per heavy atom. The van der Waals surface area contributed by atoms with Crippen molar-refractivity contribution in [3.05, 3.63) is 35.4 Å². The van der Waals surface area contributed by atoms with Crippen LogP contribution in [0.1, 0.15) is 18.1 Å². The van der Waals surface area contributed by atoms with Gasteiger partial charge in [0.05, 0.1) is 5.56 Å². The van der Waals surface area contributed by atoms with Crippen LogP contribution in [0.4, 0.5) is 13.2 Å². The zero-order valence-electron chi connectivity index (χ0n) is 14.1. The van der Waals surface area contributed by atoms with Gasteiger partial charge in [0.1, 0.15) is 0 Å². The molecular formula is C17H24F3N3O. The smallest absolute Gasteiger partial charge is 0.340 e. The van der Waals surface area contributed by atoms with Gasteiger partial charge < -0.3 is 10.2 Å². The Labute approximate surface area is 140 Å². The standard InChI is InChI=1S/C17H24F3N3O/c1-13(11-21-2)16(24)23-8-6-22(7-9-23)12-14-4-3-5-15(10-14)17(18,19)20/h3-5,10,13,21H,6-9,11-12H2,1-2H3. The quantitative estimate of drug-likeness (QED) is 0.890. The minimum Gasteiger partial charge on any atom is -0.340 e. The summed E-state index contributed by atoms with van der Waals surface area (Å²) in [7, 11) is 1.82. The highest BCUT2D eigenvalue weighted by Gasteiger charge is 2.30. The molecule has 0 aliphatic carbocycles. The highest BCUT2D eigenvalue weighted by Crippen LogP contribution is 2.29. The van der Waals surface area contributed by atoms with E-state index in [1.54, 1.807) is 6.07 Å². The van der Waals surface area contributed by atoms with E-state index < -0.39 is 11.7 Å². The van der Waals surface area contributed by atoms with Crippen molar-refractivity contribution in [2.75, 3.05) is 39.8 Å². The lowest BCUT2D eigenvalue weighted by Gasteiger charge is -2.36. The van der Waals surface area contributed by atoms with E-state index in [1.807, 2.05) is 18.9 Å². The first-order valence-corrected chi connectivity index (χ1v) is 8.13. The number of benzene rings is 1. The van der Waals surface area contributed by atoms with E-state index in [0.717, 1.165) is 6.07 Å². The van der Waals surface area contributed by atoms with Crippen molar-refractivity contribution in [2.45, 2.75) is 19.6 Å². The van der Waals surface area contributed by atoms with Crippen LogP contribution in [0.25, 0.3) is 0 Å². The van der Waals surface area contributed by atoms with Crippen molar-refractivity contribution in [1.29, 1.82) is 0 Å². The van der Waals surface area contributed by atoms with E-state index >= 15 is 0 Å². The van der Waals surface area contributed by atoms with Gasteiger partial charge in [0, 0.05) is 45.2 Å². The fourth-order valence-electron chi connectivity index (χ4n) is 2.94. The van der Waals surface area contributed by atoms with Crippen molar-refractivity contribution in [3.8, 4) is 0 Å². The molecule has 1 saturated heterocycles. The summed E-state index contributed by atoms with van der Waals surface area (Å²) in [4.78, 5) is 16.2. The van der Waals surface area contributed by atoms with Crippen LogP contribution in [-0.2, 0) is 17.5 Å². The molecule has 1 atom stereocenters. The van der Waals surface area contributed by atoms with Crippen molar-refractivity contribution >= 4 is 5.91 Å². The van der Waals surface area contributed by atoms with E-state index in [1.165, 1.54) is 12.1 Å². The number of hydrogen-bond donors (Lipinski definition) is 1. The molecule has 1 amide bonds. The Balaban J connectivity index is 1.88. The number of hydrogen-bond acceptors (Lipinski definition) is 3. The molecule has 0 bridgehead atoms. The van der Waals surface area contributed by atoms with Gasteiger partial charge in [0.25, 0.3) is 0 Å². The molecule has 0 aromatic heterocycles. The Hall–Kier alpha value is -1.60. The summed E-state index contributed by atoms with van der Waals surface area (Å²) in [6, 6.07) is 5.44. The third-order valence-corrected chi connectivity index (χ3v) is 4.28. The van der Waals surface area contributed by atoms with Crippen LogP contribution in [0.3, 0.4) is 0 Å². The lowest BCUT2D eigenvalue weighted by molar-refractivity contribution is -0.138. The average molecular weight is 343 g/mol. The summed E-state index contributed by atoms with van der Waals surface area (Å²) in [5, 5.41) is 3.00. The van der Waals surface area contributed by atoms with Crippen molar-refractivity contribution in [1.82, 2.24) is 15.1 Å². The van der Waals surface area contributed by atoms with Crippen LogP contribution in [0.2, 0.25) is 0 Å². The maximum Gasteiger partial charge on any atom is 0.416 e. The fourth-order valence-corrected chi connectivity index (χ4v) is 2.94. The van der Waals surface area contributed by atoms with Crippen molar-refractivity contribution < 1.29 is 18.0 Å². The molecule has 2 rings (SSSR count). The van der Waals surface area contributed by atoms with Gasteiger partial charge in [-0.1, -0.05) is 25.1 Å². The van der Waals surface area contributed by atoms with Gasteiger partial charge in [-0.15, -0.1) is 0 Å². The third kappa shape index (κ3) is 4.95. The van der Waals surface area contributed by atoms with Crippen molar-refractivity contribution in [2.24, 2.45) is 5.92 Å². The van der Waals surface area contributed by atoms with E-state index in [2.05, 4.69) is 10.2 Å². The lowest BCUT2D eigenvalue weighted by atomic mass is 10.1. The van der Waals surface area contributed by atoms with Gasteiger partial charge in [-0.2, -0.15) is 13.2 Å². The number of rotatable bonds is 5. The van der Waals surface area contributed by atoms with Crippen LogP contribution in [-0.4, -0.2) is 55.5 Å². The predicted molar refractivity (Wildman–Crippen MR) is 86.4 cm³/mol. The number of piperazine rings is 1. The largest absolute Gasteiger partial charge is 0.416 e. The topological polar surface area (TPSA) is 35.6 Å². The molecule has 1 heterocycles. The molecule has 134 valence electrons. The summed E-state index contributed by atoms with van der Waals surface area (Å²) in [5.74, 6) is 0.0630. The first-order chi connectivity index (χ1) is 11.3. The lowest BCUT2D eigenvalue weighted by Crippen LogP contribution is -2.50. The maximum atomic E-state index is 12.8. The maximum absolute atomic E-state index is 12.8. The molecule has 1 N–H and O–H groups in total. The number of nitrogens with zero attached hydrogens (tertiary/aromatic N) is 2. The van der Waals surface area contributed by atoms with Gasteiger partial charge in [-0.25, -0.2) is 0 Å². The molecule has 24 heavy (non-hydrogen) atoms. The molecule has 1 aliphatic rings. The molecule has 1 aromatic rings. The molecule has 0 spiro atoms. The molecule has 1 aromatic carbocycles. The summed E-state index contributed by atoms with van der Waals surface area (Å²) < 4.78 is 38.3. The Kier molecular flexibility index (Phi) is 6.23. The zero-order valence-corrected chi connectivity index (χ0v) is 14.1. The van der Waals surface area contributed by atoms with Gasteiger partial charge in [0.15, 0.2) is 0 Å².